The number of likely N-dealkylation sites (N-methyl/N-ethyl adjacent to an activating group) is 1. The lowest BCUT2D eigenvalue weighted by molar-refractivity contribution is -0.136. The Kier molecular flexibility index (Phi) is 9.80. The number of benzene rings is 2. The molecule has 4 aromatic rings. The van der Waals surface area contributed by atoms with E-state index in [-0.39, 0.29) is 66.5 Å². The predicted octanol–water partition coefficient (Wildman–Crippen LogP) is 1.98. The molecule has 4 aliphatic rings. The summed E-state index contributed by atoms with van der Waals surface area (Å²) < 4.78 is 13.2. The van der Waals surface area contributed by atoms with Crippen molar-refractivity contribution >= 4 is 69.5 Å². The van der Waals surface area contributed by atoms with Crippen molar-refractivity contribution in [3.05, 3.63) is 75.2 Å². The number of fused-ring (bicyclic) bond motifs is 3. The number of carbonyl (C=O) groups excluding carboxylic acids is 5. The molecular weight excluding hydrogens is 746 g/mol. The maximum absolute atomic E-state index is 13.4. The molecule has 17 nitrogen and oxygen atoms in total. The molecule has 2 aromatic heterocycles. The van der Waals surface area contributed by atoms with Crippen molar-refractivity contribution in [1.82, 2.24) is 35.0 Å². The molecule has 5 amide bonds. The molecule has 3 unspecified atom stereocenters. The molecule has 6 heterocycles. The summed E-state index contributed by atoms with van der Waals surface area (Å²) in [5.74, 6) is -1.28. The van der Waals surface area contributed by atoms with Crippen LogP contribution in [0.3, 0.4) is 0 Å². The van der Waals surface area contributed by atoms with Gasteiger partial charge in [0.2, 0.25) is 17.8 Å². The first-order chi connectivity index (χ1) is 27.0. The van der Waals surface area contributed by atoms with Gasteiger partial charge in [0.05, 0.1) is 28.9 Å². The van der Waals surface area contributed by atoms with Crippen molar-refractivity contribution in [2.24, 2.45) is 7.05 Å². The summed E-state index contributed by atoms with van der Waals surface area (Å²) in [6, 6.07) is 10.9. The molecule has 2 aromatic carbocycles. The van der Waals surface area contributed by atoms with E-state index >= 15 is 0 Å². The monoisotopic (exact) mass is 783 g/mol. The predicted molar refractivity (Wildman–Crippen MR) is 203 cm³/mol. The van der Waals surface area contributed by atoms with Crippen LogP contribution in [0.25, 0.3) is 10.9 Å². The van der Waals surface area contributed by atoms with Gasteiger partial charge in [-0.2, -0.15) is 4.98 Å². The maximum Gasteiger partial charge on any atom is 0.293 e. The number of piperidine rings is 1. The molecule has 3 saturated heterocycles. The number of amides is 5. The molecule has 8 rings (SSSR count). The highest BCUT2D eigenvalue weighted by molar-refractivity contribution is 6.33. The van der Waals surface area contributed by atoms with E-state index in [1.807, 2.05) is 12.1 Å². The van der Waals surface area contributed by atoms with Gasteiger partial charge in [-0.1, -0.05) is 11.6 Å². The Morgan fingerprint density at radius 3 is 2.62 bits per heavy atom. The molecule has 18 heteroatoms. The number of aromatic nitrogens is 3. The van der Waals surface area contributed by atoms with Crippen LogP contribution in [0.15, 0.2) is 53.5 Å². The van der Waals surface area contributed by atoms with Crippen molar-refractivity contribution in [1.29, 1.82) is 0 Å². The summed E-state index contributed by atoms with van der Waals surface area (Å²) in [5.41, 5.74) is 1.29. The van der Waals surface area contributed by atoms with Gasteiger partial charge in [-0.05, 0) is 68.3 Å². The third-order valence-corrected chi connectivity index (χ3v) is 11.0. The lowest BCUT2D eigenvalue weighted by Gasteiger charge is -2.43. The summed E-state index contributed by atoms with van der Waals surface area (Å²) >= 11 is 6.60. The van der Waals surface area contributed by atoms with E-state index in [1.54, 1.807) is 31.4 Å². The summed E-state index contributed by atoms with van der Waals surface area (Å²) in [5, 5.41) is 8.97. The highest BCUT2D eigenvalue weighted by Crippen LogP contribution is 2.33. The van der Waals surface area contributed by atoms with Gasteiger partial charge >= 0.3 is 0 Å². The number of hydrogen-bond acceptors (Lipinski definition) is 13. The Balaban J connectivity index is 0.974. The van der Waals surface area contributed by atoms with Gasteiger partial charge < -0.3 is 29.6 Å². The standard InChI is InChI=1S/C38H38ClN9O8/c1-40-32(50)19-56-30-13-20-12-21(5-8-28(20)45(2)37(30)54)42-33-27(39)15-41-38(44-33)46-16-22-4-3-11-47(22)23(17-46)18-55-24-6-7-25-26(14-24)36(53)48(35(25)52)29-9-10-31(49)43-34(29)51/h5-8,12-15,22-23,29H,3-4,9-11,16-19H2,1-2H3,(H,40,50)(H,41,42,44)(H,43,49,51). The third-order valence-electron chi connectivity index (χ3n) is 10.7. The minimum atomic E-state index is -1.05. The van der Waals surface area contributed by atoms with E-state index in [0.29, 0.717) is 52.2 Å². The number of pyridine rings is 1. The van der Waals surface area contributed by atoms with Crippen molar-refractivity contribution in [2.45, 2.75) is 43.8 Å². The molecular formula is C38H38ClN9O8. The Bertz CT molecular complexity index is 2370. The van der Waals surface area contributed by atoms with E-state index in [2.05, 4.69) is 30.7 Å². The van der Waals surface area contributed by atoms with Crippen molar-refractivity contribution in [3.8, 4) is 11.5 Å². The van der Waals surface area contributed by atoms with Crippen LogP contribution >= 0.6 is 11.6 Å². The highest BCUT2D eigenvalue weighted by atomic mass is 35.5. The number of anilines is 3. The number of nitrogens with one attached hydrogen (secondary N) is 3. The number of carbonyl (C=O) groups is 5. The largest absolute Gasteiger partial charge is 0.492 e. The smallest absolute Gasteiger partial charge is 0.293 e. The number of rotatable bonds is 10. The van der Waals surface area contributed by atoms with Gasteiger partial charge in [-0.15, -0.1) is 0 Å². The summed E-state index contributed by atoms with van der Waals surface area (Å²) in [6.45, 7) is 2.15. The molecule has 0 saturated carbocycles. The Labute approximate surface area is 324 Å². The lowest BCUT2D eigenvalue weighted by Crippen LogP contribution is -2.58. The molecule has 0 spiro atoms. The van der Waals surface area contributed by atoms with Gasteiger partial charge in [0, 0.05) is 50.7 Å². The van der Waals surface area contributed by atoms with E-state index in [4.69, 9.17) is 26.1 Å². The molecule has 3 N–H and O–H groups in total. The number of ether oxygens (including phenoxy) is 2. The molecule has 0 bridgehead atoms. The zero-order valence-electron chi connectivity index (χ0n) is 30.5. The van der Waals surface area contributed by atoms with Gasteiger partial charge in [0.15, 0.2) is 18.2 Å². The third kappa shape index (κ3) is 6.87. The number of piperazine rings is 1. The number of hydrogen-bond donors (Lipinski definition) is 3. The van der Waals surface area contributed by atoms with E-state index in [0.717, 1.165) is 24.3 Å². The number of imide groups is 2. The minimum absolute atomic E-state index is 0.0433. The average Bonchev–Trinajstić information content (AvgIpc) is 3.77. The Morgan fingerprint density at radius 1 is 1.00 bits per heavy atom. The first kappa shape index (κ1) is 36.9. The number of nitrogens with zero attached hydrogens (tertiary/aromatic N) is 6. The molecule has 4 aliphatic heterocycles. The van der Waals surface area contributed by atoms with Crippen LogP contribution in [0.2, 0.25) is 5.02 Å². The molecule has 56 heavy (non-hydrogen) atoms. The molecule has 3 atom stereocenters. The fourth-order valence-corrected chi connectivity index (χ4v) is 7.99. The molecule has 290 valence electrons. The fraction of sp³-hybridized carbons (Fsp3) is 0.368. The number of halogens is 1. The van der Waals surface area contributed by atoms with Crippen LogP contribution in [0.4, 0.5) is 17.5 Å². The maximum atomic E-state index is 13.4. The normalized spacial score (nSPS) is 20.9. The fourth-order valence-electron chi connectivity index (χ4n) is 7.85. The first-order valence-corrected chi connectivity index (χ1v) is 18.6. The van der Waals surface area contributed by atoms with Crippen molar-refractivity contribution in [3.63, 3.8) is 0 Å². The van der Waals surface area contributed by atoms with Gasteiger partial charge in [-0.25, -0.2) is 4.98 Å². The topological polar surface area (TPSA) is 197 Å². The second-order valence-corrected chi connectivity index (χ2v) is 14.6. The van der Waals surface area contributed by atoms with Crippen molar-refractivity contribution < 1.29 is 33.4 Å². The second-order valence-electron chi connectivity index (χ2n) is 14.2. The van der Waals surface area contributed by atoms with E-state index in [9.17, 15) is 28.8 Å². The van der Waals surface area contributed by atoms with Crippen LogP contribution in [-0.4, -0.2) is 112 Å². The molecule has 0 aliphatic carbocycles. The van der Waals surface area contributed by atoms with Gasteiger partial charge in [-0.3, -0.25) is 43.9 Å². The summed E-state index contributed by atoms with van der Waals surface area (Å²) in [7, 11) is 3.12. The summed E-state index contributed by atoms with van der Waals surface area (Å²) in [6.07, 6.45) is 3.69. The Morgan fingerprint density at radius 2 is 1.82 bits per heavy atom. The van der Waals surface area contributed by atoms with Crippen LogP contribution < -0.4 is 35.9 Å². The average molecular weight is 784 g/mol. The first-order valence-electron chi connectivity index (χ1n) is 18.2. The van der Waals surface area contributed by atoms with E-state index in [1.165, 1.54) is 23.7 Å². The molecule has 0 radical (unpaired) electrons. The van der Waals surface area contributed by atoms with Gasteiger partial charge in [0.25, 0.3) is 23.3 Å². The van der Waals surface area contributed by atoms with E-state index < -0.39 is 29.7 Å². The highest BCUT2D eigenvalue weighted by Gasteiger charge is 2.45. The minimum Gasteiger partial charge on any atom is -0.492 e. The zero-order chi connectivity index (χ0) is 39.2. The SMILES string of the molecule is CNC(=O)COc1cc2cc(Nc3nc(N4CC5CCCN5C(COc5ccc6c(c5)C(=O)N(C5CCC(=O)NC5=O)C6=O)C4)ncc3Cl)ccc2n(C)c1=O. The van der Waals surface area contributed by atoms with Crippen LogP contribution in [0.5, 0.6) is 11.5 Å². The summed E-state index contributed by atoms with van der Waals surface area (Å²) in [4.78, 5) is 90.1. The number of aryl methyl sites for hydroxylation is 1. The van der Waals surface area contributed by atoms with Gasteiger partial charge in [0.1, 0.15) is 23.4 Å². The van der Waals surface area contributed by atoms with Crippen LogP contribution in [0, 0.1) is 0 Å². The second kappa shape index (κ2) is 14.9. The lowest BCUT2D eigenvalue weighted by atomic mass is 10.0. The zero-order valence-corrected chi connectivity index (χ0v) is 31.3. The Hall–Kier alpha value is -6.07. The van der Waals surface area contributed by atoms with Crippen LogP contribution in [0.1, 0.15) is 46.4 Å². The molecule has 3 fully saturated rings. The van der Waals surface area contributed by atoms with Crippen LogP contribution in [-0.2, 0) is 21.4 Å². The quantitative estimate of drug-likeness (QED) is 0.198. The van der Waals surface area contributed by atoms with Crippen molar-refractivity contribution in [2.75, 3.05) is 50.1 Å².